The Morgan fingerprint density at radius 3 is 3.10 bits per heavy atom. The first kappa shape index (κ1) is 14.5. The summed E-state index contributed by atoms with van der Waals surface area (Å²) in [6, 6.07) is 6.39. The summed E-state index contributed by atoms with van der Waals surface area (Å²) in [5.41, 5.74) is 2.27. The van der Waals surface area contributed by atoms with Gasteiger partial charge in [0.25, 0.3) is 0 Å². The van der Waals surface area contributed by atoms with Gasteiger partial charge in [-0.2, -0.15) is 0 Å². The summed E-state index contributed by atoms with van der Waals surface area (Å²) in [7, 11) is 0. The predicted octanol–water partition coefficient (Wildman–Crippen LogP) is 5.21. The van der Waals surface area contributed by atoms with Crippen molar-refractivity contribution in [3.8, 4) is 10.6 Å². The second-order valence-electron chi connectivity index (χ2n) is 4.95. The zero-order valence-corrected chi connectivity index (χ0v) is 14.4. The Morgan fingerprint density at radius 2 is 2.35 bits per heavy atom. The summed E-state index contributed by atoms with van der Waals surface area (Å²) in [4.78, 5) is 6.28. The highest BCUT2D eigenvalue weighted by atomic mass is 79.9. The topological polar surface area (TPSA) is 24.9 Å². The first-order valence-corrected chi connectivity index (χ1v) is 8.86. The Bertz CT molecular complexity index is 626. The van der Waals surface area contributed by atoms with Crippen molar-refractivity contribution >= 4 is 38.9 Å². The second-order valence-corrected chi connectivity index (χ2v) is 7.36. The largest absolute Gasteiger partial charge is 0.309 e. The number of fused-ring (bicyclic) bond motifs is 1. The van der Waals surface area contributed by atoms with Crippen molar-refractivity contribution in [3.63, 3.8) is 0 Å². The zero-order valence-electron chi connectivity index (χ0n) is 11.2. The Morgan fingerprint density at radius 1 is 1.50 bits per heavy atom. The normalized spacial score (nSPS) is 18.1. The quantitative estimate of drug-likeness (QED) is 0.800. The van der Waals surface area contributed by atoms with Crippen molar-refractivity contribution in [2.45, 2.75) is 32.2 Å². The fourth-order valence-corrected chi connectivity index (χ4v) is 4.66. The van der Waals surface area contributed by atoms with E-state index in [0.717, 1.165) is 33.0 Å². The lowest BCUT2D eigenvalue weighted by atomic mass is 9.98. The van der Waals surface area contributed by atoms with Crippen LogP contribution in [0.3, 0.4) is 0 Å². The average molecular weight is 372 g/mol. The van der Waals surface area contributed by atoms with Crippen LogP contribution in [0.25, 0.3) is 10.6 Å². The van der Waals surface area contributed by atoms with E-state index in [9.17, 15) is 0 Å². The van der Waals surface area contributed by atoms with Gasteiger partial charge >= 0.3 is 0 Å². The highest BCUT2D eigenvalue weighted by Crippen LogP contribution is 2.39. The monoisotopic (exact) mass is 370 g/mol. The summed E-state index contributed by atoms with van der Waals surface area (Å²) in [6.45, 7) is 3.13. The minimum Gasteiger partial charge on any atom is -0.309 e. The molecule has 106 valence electrons. The van der Waals surface area contributed by atoms with Gasteiger partial charge in [0.05, 0.1) is 16.8 Å². The first-order valence-electron chi connectivity index (χ1n) is 6.87. The maximum absolute atomic E-state index is 6.35. The molecule has 0 amide bonds. The molecule has 0 saturated heterocycles. The van der Waals surface area contributed by atoms with Gasteiger partial charge < -0.3 is 5.32 Å². The molecule has 1 N–H and O–H groups in total. The predicted molar refractivity (Wildman–Crippen MR) is 89.6 cm³/mol. The van der Waals surface area contributed by atoms with Gasteiger partial charge in [-0.05, 0) is 44.0 Å². The number of benzene rings is 1. The molecular weight excluding hydrogens is 356 g/mol. The van der Waals surface area contributed by atoms with E-state index in [1.807, 2.05) is 18.2 Å². The van der Waals surface area contributed by atoms with Gasteiger partial charge in [0.2, 0.25) is 0 Å². The van der Waals surface area contributed by atoms with Crippen LogP contribution in [0.1, 0.15) is 36.4 Å². The number of nitrogens with one attached hydrogen (secondary N) is 1. The van der Waals surface area contributed by atoms with Gasteiger partial charge in [0.15, 0.2) is 0 Å². The van der Waals surface area contributed by atoms with Crippen molar-refractivity contribution in [2.75, 3.05) is 6.54 Å². The Balaban J connectivity index is 2.00. The van der Waals surface area contributed by atoms with Gasteiger partial charge in [-0.3, -0.25) is 0 Å². The highest BCUT2D eigenvalue weighted by Gasteiger charge is 2.24. The molecule has 0 saturated carbocycles. The number of thiazole rings is 1. The average Bonchev–Trinajstić information content (AvgIpc) is 2.83. The van der Waals surface area contributed by atoms with E-state index in [0.29, 0.717) is 6.04 Å². The number of halogens is 2. The van der Waals surface area contributed by atoms with Gasteiger partial charge in [-0.1, -0.05) is 34.5 Å². The Labute approximate surface area is 136 Å². The maximum Gasteiger partial charge on any atom is 0.125 e. The number of hydrogen-bond donors (Lipinski definition) is 1. The second kappa shape index (κ2) is 6.14. The molecule has 1 aromatic carbocycles. The van der Waals surface area contributed by atoms with E-state index in [1.54, 1.807) is 11.3 Å². The molecule has 1 atom stereocenters. The molecule has 0 spiro atoms. The van der Waals surface area contributed by atoms with Gasteiger partial charge in [-0.25, -0.2) is 4.98 Å². The molecule has 0 fully saturated rings. The lowest BCUT2D eigenvalue weighted by Crippen LogP contribution is -2.24. The molecule has 5 heteroatoms. The van der Waals surface area contributed by atoms with Crippen LogP contribution in [0.4, 0.5) is 0 Å². The van der Waals surface area contributed by atoms with E-state index in [-0.39, 0.29) is 0 Å². The van der Waals surface area contributed by atoms with Crippen LogP contribution < -0.4 is 5.32 Å². The lowest BCUT2D eigenvalue weighted by molar-refractivity contribution is 0.465. The lowest BCUT2D eigenvalue weighted by Gasteiger charge is -2.21. The van der Waals surface area contributed by atoms with Crippen LogP contribution in [-0.4, -0.2) is 11.5 Å². The smallest absolute Gasteiger partial charge is 0.125 e. The van der Waals surface area contributed by atoms with Crippen LogP contribution in [0, 0.1) is 0 Å². The number of rotatable bonds is 3. The van der Waals surface area contributed by atoms with E-state index in [2.05, 4.69) is 28.2 Å². The standard InChI is InChI=1S/C15H16BrClN2S/c1-2-18-12-4-3-5-13-14(12)19-15(20-13)10-7-6-9(16)8-11(10)17/h6-8,12,18H,2-5H2,1H3. The molecule has 1 unspecified atom stereocenters. The fraction of sp³-hybridized carbons (Fsp3) is 0.400. The first-order chi connectivity index (χ1) is 9.69. The molecule has 2 aromatic rings. The van der Waals surface area contributed by atoms with Crippen LogP contribution in [-0.2, 0) is 6.42 Å². The molecule has 1 aliphatic carbocycles. The number of hydrogen-bond acceptors (Lipinski definition) is 3. The van der Waals surface area contributed by atoms with E-state index in [4.69, 9.17) is 16.6 Å². The molecule has 1 aliphatic rings. The van der Waals surface area contributed by atoms with Crippen LogP contribution >= 0.6 is 38.9 Å². The van der Waals surface area contributed by atoms with Crippen LogP contribution in [0.5, 0.6) is 0 Å². The third-order valence-electron chi connectivity index (χ3n) is 3.57. The van der Waals surface area contributed by atoms with Crippen molar-refractivity contribution in [1.82, 2.24) is 10.3 Å². The summed E-state index contributed by atoms with van der Waals surface area (Å²) in [5, 5.41) is 5.33. The zero-order chi connectivity index (χ0) is 14.1. The molecule has 0 bridgehead atoms. The fourth-order valence-electron chi connectivity index (χ4n) is 2.64. The van der Waals surface area contributed by atoms with Crippen molar-refractivity contribution < 1.29 is 0 Å². The van der Waals surface area contributed by atoms with Crippen molar-refractivity contribution in [1.29, 1.82) is 0 Å². The summed E-state index contributed by atoms with van der Waals surface area (Å²) >= 11 is 11.6. The number of nitrogens with zero attached hydrogens (tertiary/aromatic N) is 1. The molecule has 3 rings (SSSR count). The molecule has 1 aromatic heterocycles. The summed E-state index contributed by atoms with van der Waals surface area (Å²) < 4.78 is 0.998. The Hall–Kier alpha value is -0.420. The molecular formula is C15H16BrClN2S. The molecule has 2 nitrogen and oxygen atoms in total. The van der Waals surface area contributed by atoms with E-state index in [1.165, 1.54) is 23.4 Å². The van der Waals surface area contributed by atoms with Crippen molar-refractivity contribution in [3.05, 3.63) is 38.3 Å². The third-order valence-corrected chi connectivity index (χ3v) is 5.54. The molecule has 0 aliphatic heterocycles. The molecule has 1 heterocycles. The minimum absolute atomic E-state index is 0.406. The van der Waals surface area contributed by atoms with E-state index < -0.39 is 0 Å². The Kier molecular flexibility index (Phi) is 4.46. The van der Waals surface area contributed by atoms with Crippen LogP contribution in [0.2, 0.25) is 5.02 Å². The molecule has 20 heavy (non-hydrogen) atoms. The summed E-state index contributed by atoms with van der Waals surface area (Å²) in [6.07, 6.45) is 3.56. The summed E-state index contributed by atoms with van der Waals surface area (Å²) in [5.74, 6) is 0. The van der Waals surface area contributed by atoms with Crippen molar-refractivity contribution in [2.24, 2.45) is 0 Å². The van der Waals surface area contributed by atoms with E-state index >= 15 is 0 Å². The van der Waals surface area contributed by atoms with Gasteiger partial charge in [-0.15, -0.1) is 11.3 Å². The van der Waals surface area contributed by atoms with Crippen LogP contribution in [0.15, 0.2) is 22.7 Å². The number of aromatic nitrogens is 1. The van der Waals surface area contributed by atoms with Gasteiger partial charge in [0.1, 0.15) is 5.01 Å². The third kappa shape index (κ3) is 2.80. The minimum atomic E-state index is 0.406. The van der Waals surface area contributed by atoms with Gasteiger partial charge in [0, 0.05) is 14.9 Å². The molecule has 0 radical (unpaired) electrons. The number of aryl methyl sites for hydroxylation is 1. The SMILES string of the molecule is CCNC1CCCc2sc(-c3ccc(Br)cc3Cl)nc21. The highest BCUT2D eigenvalue weighted by molar-refractivity contribution is 9.10. The maximum atomic E-state index is 6.35.